The van der Waals surface area contributed by atoms with Gasteiger partial charge in [-0.3, -0.25) is 4.79 Å². The molecule has 1 fully saturated rings. The lowest BCUT2D eigenvalue weighted by atomic mass is 10.1. The number of rotatable bonds is 5. The summed E-state index contributed by atoms with van der Waals surface area (Å²) in [7, 11) is 0. The topological polar surface area (TPSA) is 61.4 Å². The van der Waals surface area contributed by atoms with Gasteiger partial charge in [-0.05, 0) is 24.6 Å². The van der Waals surface area contributed by atoms with Gasteiger partial charge in [-0.2, -0.15) is 0 Å². The van der Waals surface area contributed by atoms with Crippen molar-refractivity contribution in [1.29, 1.82) is 0 Å². The Balaban J connectivity index is 1.31. The Morgan fingerprint density at radius 1 is 0.966 bits per heavy atom. The van der Waals surface area contributed by atoms with Gasteiger partial charge in [-0.15, -0.1) is 0 Å². The Hall–Kier alpha value is -3.41. The Labute approximate surface area is 171 Å². The second-order valence-corrected chi connectivity index (χ2v) is 7.24. The van der Waals surface area contributed by atoms with Crippen LogP contribution in [-0.2, 0) is 6.54 Å². The Morgan fingerprint density at radius 3 is 2.45 bits per heavy atom. The molecular formula is C23H25N5O. The van der Waals surface area contributed by atoms with E-state index in [0.29, 0.717) is 31.1 Å². The first-order valence-electron chi connectivity index (χ1n) is 9.90. The molecule has 0 saturated carbocycles. The molecular weight excluding hydrogens is 362 g/mol. The van der Waals surface area contributed by atoms with E-state index in [1.807, 2.05) is 29.2 Å². The molecule has 4 rings (SSSR count). The summed E-state index contributed by atoms with van der Waals surface area (Å²) in [5.41, 5.74) is 4.00. The number of hydrogen-bond donors (Lipinski definition) is 1. The Morgan fingerprint density at radius 2 is 1.76 bits per heavy atom. The van der Waals surface area contributed by atoms with Crippen molar-refractivity contribution in [3.05, 3.63) is 83.8 Å². The maximum absolute atomic E-state index is 12.8. The van der Waals surface area contributed by atoms with Gasteiger partial charge in [-0.25, -0.2) is 9.97 Å². The van der Waals surface area contributed by atoms with Crippen LogP contribution >= 0.6 is 0 Å². The highest BCUT2D eigenvalue weighted by Gasteiger charge is 2.23. The number of para-hydroxylation sites is 1. The van der Waals surface area contributed by atoms with E-state index in [-0.39, 0.29) is 5.91 Å². The maximum atomic E-state index is 12.8. The van der Waals surface area contributed by atoms with E-state index in [1.165, 1.54) is 16.8 Å². The average molecular weight is 387 g/mol. The van der Waals surface area contributed by atoms with Crippen molar-refractivity contribution in [2.75, 3.05) is 36.4 Å². The minimum Gasteiger partial charge on any atom is -0.368 e. The van der Waals surface area contributed by atoms with Crippen molar-refractivity contribution in [2.24, 2.45) is 0 Å². The van der Waals surface area contributed by atoms with Crippen molar-refractivity contribution in [3.63, 3.8) is 0 Å². The normalized spacial score (nSPS) is 14.0. The van der Waals surface area contributed by atoms with Crippen LogP contribution in [0.4, 0.5) is 11.5 Å². The van der Waals surface area contributed by atoms with Gasteiger partial charge in [0.15, 0.2) is 0 Å². The summed E-state index contributed by atoms with van der Waals surface area (Å²) in [4.78, 5) is 25.6. The van der Waals surface area contributed by atoms with E-state index < -0.39 is 0 Å². The van der Waals surface area contributed by atoms with Crippen LogP contribution in [0.3, 0.4) is 0 Å². The maximum Gasteiger partial charge on any atom is 0.274 e. The molecule has 1 aromatic heterocycles. The number of amides is 1. The van der Waals surface area contributed by atoms with Crippen molar-refractivity contribution in [2.45, 2.75) is 13.5 Å². The number of aryl methyl sites for hydroxylation is 1. The molecule has 1 saturated heterocycles. The van der Waals surface area contributed by atoms with E-state index in [1.54, 1.807) is 12.4 Å². The van der Waals surface area contributed by atoms with E-state index >= 15 is 0 Å². The predicted molar refractivity (Wildman–Crippen MR) is 115 cm³/mol. The van der Waals surface area contributed by atoms with E-state index in [0.717, 1.165) is 13.1 Å². The monoisotopic (exact) mass is 387 g/mol. The minimum atomic E-state index is -0.0598. The molecule has 1 N–H and O–H groups in total. The number of aromatic nitrogens is 2. The van der Waals surface area contributed by atoms with Crippen LogP contribution in [-0.4, -0.2) is 47.0 Å². The molecule has 148 valence electrons. The molecule has 0 spiro atoms. The molecule has 0 radical (unpaired) electrons. The van der Waals surface area contributed by atoms with Crippen LogP contribution in [0.1, 0.15) is 21.6 Å². The molecule has 29 heavy (non-hydrogen) atoms. The third-order valence-corrected chi connectivity index (χ3v) is 5.12. The second kappa shape index (κ2) is 8.73. The Kier molecular flexibility index (Phi) is 5.70. The molecule has 0 unspecified atom stereocenters. The van der Waals surface area contributed by atoms with Crippen LogP contribution < -0.4 is 10.2 Å². The van der Waals surface area contributed by atoms with Crippen LogP contribution in [0.2, 0.25) is 0 Å². The summed E-state index contributed by atoms with van der Waals surface area (Å²) in [6.45, 7) is 5.75. The van der Waals surface area contributed by atoms with E-state index in [2.05, 4.69) is 57.4 Å². The van der Waals surface area contributed by atoms with Gasteiger partial charge in [0.2, 0.25) is 0 Å². The van der Waals surface area contributed by atoms with E-state index in [4.69, 9.17) is 0 Å². The molecule has 6 heteroatoms. The van der Waals surface area contributed by atoms with Crippen molar-refractivity contribution in [1.82, 2.24) is 14.9 Å². The second-order valence-electron chi connectivity index (χ2n) is 7.24. The smallest absolute Gasteiger partial charge is 0.274 e. The molecule has 0 atom stereocenters. The van der Waals surface area contributed by atoms with Gasteiger partial charge >= 0.3 is 0 Å². The summed E-state index contributed by atoms with van der Waals surface area (Å²) >= 11 is 0. The first-order chi connectivity index (χ1) is 14.2. The molecule has 6 nitrogen and oxygen atoms in total. The van der Waals surface area contributed by atoms with Crippen LogP contribution in [0.5, 0.6) is 0 Å². The summed E-state index contributed by atoms with van der Waals surface area (Å²) in [6, 6.07) is 18.6. The molecule has 0 aliphatic carbocycles. The lowest BCUT2D eigenvalue weighted by Gasteiger charge is -2.35. The highest BCUT2D eigenvalue weighted by molar-refractivity contribution is 5.92. The summed E-state index contributed by atoms with van der Waals surface area (Å²) in [5.74, 6) is 0.604. The van der Waals surface area contributed by atoms with Gasteiger partial charge in [0.05, 0.1) is 12.4 Å². The standard InChI is InChI=1S/C23H25N5O/c1-18-6-5-7-19(14-18)15-25-22-17-24-21(16-26-22)23(29)28-12-10-27(11-13-28)20-8-3-2-4-9-20/h2-9,14,16-17H,10-13,15H2,1H3,(H,25,26). The molecule has 1 amide bonds. The number of nitrogens with zero attached hydrogens (tertiary/aromatic N) is 4. The zero-order valence-corrected chi connectivity index (χ0v) is 16.6. The van der Waals surface area contributed by atoms with Crippen molar-refractivity contribution in [3.8, 4) is 0 Å². The molecule has 0 bridgehead atoms. The van der Waals surface area contributed by atoms with Crippen LogP contribution in [0.15, 0.2) is 67.0 Å². The molecule has 1 aliphatic rings. The number of anilines is 2. The van der Waals surface area contributed by atoms with Crippen LogP contribution in [0, 0.1) is 6.92 Å². The first kappa shape index (κ1) is 18.9. The van der Waals surface area contributed by atoms with E-state index in [9.17, 15) is 4.79 Å². The highest BCUT2D eigenvalue weighted by atomic mass is 16.2. The SMILES string of the molecule is Cc1cccc(CNc2cnc(C(=O)N3CCN(c4ccccc4)CC3)cn2)c1. The van der Waals surface area contributed by atoms with Crippen LogP contribution in [0.25, 0.3) is 0 Å². The van der Waals surface area contributed by atoms with Gasteiger partial charge in [-0.1, -0.05) is 48.0 Å². The lowest BCUT2D eigenvalue weighted by molar-refractivity contribution is 0.0740. The number of nitrogens with one attached hydrogen (secondary N) is 1. The van der Waals surface area contributed by atoms with Crippen molar-refractivity contribution < 1.29 is 4.79 Å². The quantitative estimate of drug-likeness (QED) is 0.727. The third kappa shape index (κ3) is 4.71. The largest absolute Gasteiger partial charge is 0.368 e. The minimum absolute atomic E-state index is 0.0598. The van der Waals surface area contributed by atoms with Gasteiger partial charge in [0.25, 0.3) is 5.91 Å². The number of benzene rings is 2. The predicted octanol–water partition coefficient (Wildman–Crippen LogP) is 3.36. The summed E-state index contributed by atoms with van der Waals surface area (Å²) in [6.07, 6.45) is 3.19. The summed E-state index contributed by atoms with van der Waals surface area (Å²) in [5, 5.41) is 3.25. The third-order valence-electron chi connectivity index (χ3n) is 5.12. The van der Waals surface area contributed by atoms with Gasteiger partial charge < -0.3 is 15.1 Å². The highest BCUT2D eigenvalue weighted by Crippen LogP contribution is 2.16. The fourth-order valence-electron chi connectivity index (χ4n) is 3.51. The molecule has 2 aromatic carbocycles. The Bertz CT molecular complexity index is 951. The average Bonchev–Trinajstić information content (AvgIpc) is 2.78. The first-order valence-corrected chi connectivity index (χ1v) is 9.90. The van der Waals surface area contributed by atoms with Gasteiger partial charge in [0.1, 0.15) is 11.5 Å². The fraction of sp³-hybridized carbons (Fsp3) is 0.261. The van der Waals surface area contributed by atoms with Gasteiger partial charge in [0, 0.05) is 38.4 Å². The van der Waals surface area contributed by atoms with Crippen molar-refractivity contribution >= 4 is 17.4 Å². The molecule has 3 aromatic rings. The summed E-state index contributed by atoms with van der Waals surface area (Å²) < 4.78 is 0. The number of carbonyl (C=O) groups excluding carboxylic acids is 1. The number of hydrogen-bond acceptors (Lipinski definition) is 5. The number of carbonyl (C=O) groups is 1. The molecule has 2 heterocycles. The molecule has 1 aliphatic heterocycles. The lowest BCUT2D eigenvalue weighted by Crippen LogP contribution is -2.49. The zero-order valence-electron chi connectivity index (χ0n) is 16.6. The number of piperazine rings is 1. The fourth-order valence-corrected chi connectivity index (χ4v) is 3.51. The zero-order chi connectivity index (χ0) is 20.1.